The summed E-state index contributed by atoms with van der Waals surface area (Å²) in [5.74, 6) is 0.393. The van der Waals surface area contributed by atoms with Crippen LogP contribution < -0.4 is 4.74 Å². The zero-order chi connectivity index (χ0) is 16.3. The minimum Gasteiger partial charge on any atom is -0.496 e. The van der Waals surface area contributed by atoms with Crippen molar-refractivity contribution in [3.05, 3.63) is 23.8 Å². The minimum absolute atomic E-state index is 0.184. The van der Waals surface area contributed by atoms with Crippen LogP contribution in [0.1, 0.15) is 19.4 Å². The summed E-state index contributed by atoms with van der Waals surface area (Å²) in [4.78, 5) is 2.47. The van der Waals surface area contributed by atoms with Crippen LogP contribution in [0.2, 0.25) is 0 Å². The molecule has 0 atom stereocenters. The lowest BCUT2D eigenvalue weighted by Crippen LogP contribution is -2.50. The molecule has 6 nitrogen and oxygen atoms in total. The van der Waals surface area contributed by atoms with Crippen LogP contribution in [0.25, 0.3) is 0 Å². The number of sulfonamides is 1. The summed E-state index contributed by atoms with van der Waals surface area (Å²) in [7, 11) is -2.06. The van der Waals surface area contributed by atoms with Crippen molar-refractivity contribution in [3.8, 4) is 5.75 Å². The summed E-state index contributed by atoms with van der Waals surface area (Å²) in [5.41, 5.74) is 0.575. The summed E-state index contributed by atoms with van der Waals surface area (Å²) in [5, 5.41) is 9.23. The molecule has 1 N–H and O–H groups in total. The van der Waals surface area contributed by atoms with Gasteiger partial charge in [0.2, 0.25) is 10.0 Å². The van der Waals surface area contributed by atoms with E-state index in [2.05, 4.69) is 18.7 Å². The Labute approximate surface area is 132 Å². The second-order valence-electron chi connectivity index (χ2n) is 5.67. The number of piperazine rings is 1. The summed E-state index contributed by atoms with van der Waals surface area (Å²) in [6.07, 6.45) is 0. The highest BCUT2D eigenvalue weighted by Gasteiger charge is 2.29. The molecule has 22 heavy (non-hydrogen) atoms. The van der Waals surface area contributed by atoms with Gasteiger partial charge in [-0.15, -0.1) is 0 Å². The standard InChI is InChI=1S/C15H24N2O4S/c1-12(2)16-6-8-17(9-7-16)22(19,20)14-5-4-13(11-18)15(10-14)21-3/h4-5,10,12,18H,6-9,11H2,1-3H3. The van der Waals surface area contributed by atoms with E-state index in [-0.39, 0.29) is 11.5 Å². The highest BCUT2D eigenvalue weighted by atomic mass is 32.2. The molecule has 1 fully saturated rings. The number of ether oxygens (including phenoxy) is 1. The first kappa shape index (κ1) is 17.2. The lowest BCUT2D eigenvalue weighted by molar-refractivity contribution is 0.154. The second kappa shape index (κ2) is 6.95. The van der Waals surface area contributed by atoms with Crippen LogP contribution in [0.5, 0.6) is 5.75 Å². The van der Waals surface area contributed by atoms with Crippen LogP contribution in [0.15, 0.2) is 23.1 Å². The van der Waals surface area contributed by atoms with Gasteiger partial charge in [0, 0.05) is 43.9 Å². The van der Waals surface area contributed by atoms with E-state index in [1.807, 2.05) is 0 Å². The van der Waals surface area contributed by atoms with Gasteiger partial charge in [0.05, 0.1) is 18.6 Å². The summed E-state index contributed by atoms with van der Waals surface area (Å²) >= 11 is 0. The first-order valence-electron chi connectivity index (χ1n) is 7.42. The van der Waals surface area contributed by atoms with Gasteiger partial charge in [0.25, 0.3) is 0 Å². The van der Waals surface area contributed by atoms with Gasteiger partial charge < -0.3 is 9.84 Å². The molecule has 0 saturated carbocycles. The molecule has 0 unspecified atom stereocenters. The number of aliphatic hydroxyl groups is 1. The SMILES string of the molecule is COc1cc(S(=O)(=O)N2CCN(C(C)C)CC2)ccc1CO. The Bertz CT molecular complexity index is 608. The Morgan fingerprint density at radius 2 is 1.86 bits per heavy atom. The fraction of sp³-hybridized carbons (Fsp3) is 0.600. The Morgan fingerprint density at radius 1 is 1.23 bits per heavy atom. The quantitative estimate of drug-likeness (QED) is 0.870. The molecular formula is C15H24N2O4S. The molecule has 1 aliphatic rings. The molecule has 1 aromatic carbocycles. The van der Waals surface area contributed by atoms with Crippen molar-refractivity contribution >= 4 is 10.0 Å². The van der Waals surface area contributed by atoms with E-state index in [1.54, 1.807) is 6.07 Å². The fourth-order valence-corrected chi connectivity index (χ4v) is 4.06. The van der Waals surface area contributed by atoms with E-state index in [4.69, 9.17) is 4.74 Å². The summed E-state index contributed by atoms with van der Waals surface area (Å²) in [6, 6.07) is 5.03. The monoisotopic (exact) mass is 328 g/mol. The number of methoxy groups -OCH3 is 1. The van der Waals surface area contributed by atoms with Gasteiger partial charge in [0.1, 0.15) is 5.75 Å². The first-order chi connectivity index (χ1) is 10.4. The van der Waals surface area contributed by atoms with E-state index in [0.29, 0.717) is 30.4 Å². The lowest BCUT2D eigenvalue weighted by atomic mass is 10.2. The van der Waals surface area contributed by atoms with E-state index in [9.17, 15) is 13.5 Å². The van der Waals surface area contributed by atoms with Gasteiger partial charge in [-0.25, -0.2) is 8.42 Å². The second-order valence-corrected chi connectivity index (χ2v) is 7.60. The molecule has 0 amide bonds. The van der Waals surface area contributed by atoms with E-state index in [0.717, 1.165) is 13.1 Å². The Balaban J connectivity index is 2.21. The number of benzene rings is 1. The summed E-state index contributed by atoms with van der Waals surface area (Å²) < 4.78 is 32.1. The van der Waals surface area contributed by atoms with Crippen LogP contribution in [0, 0.1) is 0 Å². The van der Waals surface area contributed by atoms with Gasteiger partial charge >= 0.3 is 0 Å². The molecule has 1 aliphatic heterocycles. The minimum atomic E-state index is -3.52. The van der Waals surface area contributed by atoms with Crippen LogP contribution in [-0.2, 0) is 16.6 Å². The zero-order valence-corrected chi connectivity index (χ0v) is 14.1. The van der Waals surface area contributed by atoms with Crippen molar-refractivity contribution in [1.82, 2.24) is 9.21 Å². The van der Waals surface area contributed by atoms with Crippen molar-refractivity contribution in [2.45, 2.75) is 31.4 Å². The molecule has 0 radical (unpaired) electrons. The maximum Gasteiger partial charge on any atom is 0.243 e. The van der Waals surface area contributed by atoms with Gasteiger partial charge in [-0.05, 0) is 19.9 Å². The van der Waals surface area contributed by atoms with Crippen LogP contribution >= 0.6 is 0 Å². The van der Waals surface area contributed by atoms with Crippen LogP contribution in [-0.4, -0.2) is 62.1 Å². The molecule has 0 aliphatic carbocycles. The molecule has 7 heteroatoms. The van der Waals surface area contributed by atoms with Crippen molar-refractivity contribution in [2.24, 2.45) is 0 Å². The van der Waals surface area contributed by atoms with Crippen LogP contribution in [0.4, 0.5) is 0 Å². The van der Waals surface area contributed by atoms with Gasteiger partial charge in [0.15, 0.2) is 0 Å². The van der Waals surface area contributed by atoms with Crippen molar-refractivity contribution in [2.75, 3.05) is 33.3 Å². The number of aliphatic hydroxyl groups excluding tert-OH is 1. The molecule has 124 valence electrons. The topological polar surface area (TPSA) is 70.1 Å². The number of hydrogen-bond acceptors (Lipinski definition) is 5. The Hall–Kier alpha value is -1.15. The molecular weight excluding hydrogens is 304 g/mol. The third-order valence-electron chi connectivity index (χ3n) is 4.07. The molecule has 0 aromatic heterocycles. The third kappa shape index (κ3) is 3.43. The number of nitrogens with zero attached hydrogens (tertiary/aromatic N) is 2. The van der Waals surface area contributed by atoms with Crippen molar-refractivity contribution in [3.63, 3.8) is 0 Å². The number of rotatable bonds is 5. The zero-order valence-electron chi connectivity index (χ0n) is 13.3. The first-order valence-corrected chi connectivity index (χ1v) is 8.86. The molecule has 1 heterocycles. The third-order valence-corrected chi connectivity index (χ3v) is 5.96. The summed E-state index contributed by atoms with van der Waals surface area (Å²) in [6.45, 7) is 6.50. The lowest BCUT2D eigenvalue weighted by Gasteiger charge is -2.36. The maximum atomic E-state index is 12.7. The predicted molar refractivity (Wildman–Crippen MR) is 84.4 cm³/mol. The highest BCUT2D eigenvalue weighted by molar-refractivity contribution is 7.89. The Morgan fingerprint density at radius 3 is 2.36 bits per heavy atom. The van der Waals surface area contributed by atoms with Crippen molar-refractivity contribution < 1.29 is 18.3 Å². The molecule has 2 rings (SSSR count). The van der Waals surface area contributed by atoms with Crippen molar-refractivity contribution in [1.29, 1.82) is 0 Å². The average molecular weight is 328 g/mol. The molecule has 0 bridgehead atoms. The van der Waals surface area contributed by atoms with E-state index in [1.165, 1.54) is 23.5 Å². The number of hydrogen-bond donors (Lipinski definition) is 1. The van der Waals surface area contributed by atoms with Gasteiger partial charge in [-0.1, -0.05) is 6.07 Å². The smallest absolute Gasteiger partial charge is 0.243 e. The fourth-order valence-electron chi connectivity index (χ4n) is 2.63. The Kier molecular flexibility index (Phi) is 5.44. The van der Waals surface area contributed by atoms with Crippen LogP contribution in [0.3, 0.4) is 0 Å². The van der Waals surface area contributed by atoms with E-state index >= 15 is 0 Å². The predicted octanol–water partition coefficient (Wildman–Crippen LogP) is 0.902. The van der Waals surface area contributed by atoms with E-state index < -0.39 is 10.0 Å². The van der Waals surface area contributed by atoms with Gasteiger partial charge in [-0.3, -0.25) is 4.90 Å². The average Bonchev–Trinajstić information content (AvgIpc) is 2.54. The maximum absolute atomic E-state index is 12.7. The highest BCUT2D eigenvalue weighted by Crippen LogP contribution is 2.26. The largest absolute Gasteiger partial charge is 0.496 e. The molecule has 1 aromatic rings. The van der Waals surface area contributed by atoms with Gasteiger partial charge in [-0.2, -0.15) is 4.31 Å². The molecule has 0 spiro atoms. The normalized spacial score (nSPS) is 17.9. The molecule has 1 saturated heterocycles.